The van der Waals surface area contributed by atoms with Crippen LogP contribution in [0.25, 0.3) is 0 Å². The summed E-state index contributed by atoms with van der Waals surface area (Å²) < 4.78 is 23.7. The van der Waals surface area contributed by atoms with Crippen LogP contribution in [0.15, 0.2) is 0 Å². The first-order chi connectivity index (χ1) is 7.11. The Balaban J connectivity index is 2.64. The molecular weight excluding hydrogens is 212 g/mol. The molecule has 90 valence electrons. The summed E-state index contributed by atoms with van der Waals surface area (Å²) >= 11 is 0. The predicted molar refractivity (Wildman–Crippen MR) is 62.1 cm³/mol. The van der Waals surface area contributed by atoms with Gasteiger partial charge < -0.3 is 0 Å². The standard InChI is InChI=1S/C10H22N2O2S/c1-2-3-6-9(12-11)10-7-4-5-8-15(10,13)14/h9-10,12H,2-8,11H2,1H3. The van der Waals surface area contributed by atoms with Crippen LogP contribution < -0.4 is 11.3 Å². The fraction of sp³-hybridized carbons (Fsp3) is 1.00. The van der Waals surface area contributed by atoms with Crippen molar-refractivity contribution in [3.63, 3.8) is 0 Å². The van der Waals surface area contributed by atoms with Gasteiger partial charge in [-0.05, 0) is 19.3 Å². The molecule has 0 aromatic heterocycles. The van der Waals surface area contributed by atoms with E-state index >= 15 is 0 Å². The number of nitrogens with one attached hydrogen (secondary N) is 1. The van der Waals surface area contributed by atoms with Crippen LogP contribution in [-0.2, 0) is 9.84 Å². The van der Waals surface area contributed by atoms with Crippen LogP contribution in [0.5, 0.6) is 0 Å². The van der Waals surface area contributed by atoms with E-state index in [9.17, 15) is 8.42 Å². The van der Waals surface area contributed by atoms with E-state index in [0.717, 1.165) is 38.5 Å². The van der Waals surface area contributed by atoms with Gasteiger partial charge in [0.15, 0.2) is 9.84 Å². The second-order valence-electron chi connectivity index (χ2n) is 4.32. The maximum Gasteiger partial charge on any atom is 0.154 e. The molecule has 0 radical (unpaired) electrons. The Morgan fingerprint density at radius 2 is 2.20 bits per heavy atom. The maximum atomic E-state index is 11.8. The highest BCUT2D eigenvalue weighted by Crippen LogP contribution is 2.24. The lowest BCUT2D eigenvalue weighted by atomic mass is 10.0. The summed E-state index contributed by atoms with van der Waals surface area (Å²) in [6.45, 7) is 2.10. The molecule has 1 fully saturated rings. The van der Waals surface area contributed by atoms with Gasteiger partial charge in [0, 0.05) is 6.04 Å². The summed E-state index contributed by atoms with van der Waals surface area (Å²) in [4.78, 5) is 0. The highest BCUT2D eigenvalue weighted by molar-refractivity contribution is 7.92. The van der Waals surface area contributed by atoms with Crippen molar-refractivity contribution in [1.29, 1.82) is 0 Å². The first-order valence-electron chi connectivity index (χ1n) is 5.79. The molecule has 4 nitrogen and oxygen atoms in total. The summed E-state index contributed by atoms with van der Waals surface area (Å²) in [6, 6.07) is -0.0600. The molecule has 3 N–H and O–H groups in total. The van der Waals surface area contributed by atoms with Crippen LogP contribution in [0.3, 0.4) is 0 Å². The summed E-state index contributed by atoms with van der Waals surface area (Å²) in [5.41, 5.74) is 2.68. The lowest BCUT2D eigenvalue weighted by molar-refractivity contribution is 0.414. The van der Waals surface area contributed by atoms with Gasteiger partial charge >= 0.3 is 0 Å². The lowest BCUT2D eigenvalue weighted by Gasteiger charge is -2.29. The zero-order valence-electron chi connectivity index (χ0n) is 9.41. The van der Waals surface area contributed by atoms with E-state index in [1.807, 2.05) is 0 Å². The monoisotopic (exact) mass is 234 g/mol. The Labute approximate surface area is 92.5 Å². The van der Waals surface area contributed by atoms with Crippen molar-refractivity contribution in [1.82, 2.24) is 5.43 Å². The second-order valence-corrected chi connectivity index (χ2v) is 6.66. The van der Waals surface area contributed by atoms with Crippen molar-refractivity contribution in [2.24, 2.45) is 5.84 Å². The summed E-state index contributed by atoms with van der Waals surface area (Å²) in [5.74, 6) is 5.79. The largest absolute Gasteiger partial charge is 0.271 e. The van der Waals surface area contributed by atoms with Crippen molar-refractivity contribution >= 4 is 9.84 Å². The number of sulfone groups is 1. The maximum absolute atomic E-state index is 11.8. The molecule has 1 aliphatic rings. The van der Waals surface area contributed by atoms with Crippen LogP contribution in [0.1, 0.15) is 45.4 Å². The molecule has 5 heteroatoms. The Morgan fingerprint density at radius 1 is 1.47 bits per heavy atom. The molecular formula is C10H22N2O2S. The van der Waals surface area contributed by atoms with Crippen LogP contribution in [-0.4, -0.2) is 25.5 Å². The minimum atomic E-state index is -2.91. The molecule has 0 amide bonds. The summed E-state index contributed by atoms with van der Waals surface area (Å²) in [6.07, 6.45) is 5.54. The fourth-order valence-corrected chi connectivity index (χ4v) is 4.38. The fourth-order valence-electron chi connectivity index (χ4n) is 2.23. The Kier molecular flexibility index (Phi) is 5.02. The summed E-state index contributed by atoms with van der Waals surface area (Å²) in [7, 11) is -2.91. The topological polar surface area (TPSA) is 72.2 Å². The first-order valence-corrected chi connectivity index (χ1v) is 7.51. The van der Waals surface area contributed by atoms with E-state index in [4.69, 9.17) is 5.84 Å². The summed E-state index contributed by atoms with van der Waals surface area (Å²) in [5, 5.41) is -0.261. The minimum Gasteiger partial charge on any atom is -0.271 e. The molecule has 2 unspecified atom stereocenters. The lowest BCUT2D eigenvalue weighted by Crippen LogP contribution is -2.49. The van der Waals surface area contributed by atoms with Gasteiger partial charge in [-0.3, -0.25) is 11.3 Å². The van der Waals surface area contributed by atoms with Gasteiger partial charge in [-0.25, -0.2) is 8.42 Å². The van der Waals surface area contributed by atoms with E-state index < -0.39 is 9.84 Å². The SMILES string of the molecule is CCCCC(NN)C1CCCCS1(=O)=O. The minimum absolute atomic E-state index is 0.0600. The van der Waals surface area contributed by atoms with Crippen LogP contribution in [0.2, 0.25) is 0 Å². The first kappa shape index (κ1) is 12.9. The Bertz CT molecular complexity index is 277. The van der Waals surface area contributed by atoms with Crippen LogP contribution in [0, 0.1) is 0 Å². The highest BCUT2D eigenvalue weighted by Gasteiger charge is 2.34. The number of unbranched alkanes of at least 4 members (excludes halogenated alkanes) is 1. The average molecular weight is 234 g/mol. The molecule has 1 saturated heterocycles. The van der Waals surface area contributed by atoms with E-state index in [-0.39, 0.29) is 11.3 Å². The van der Waals surface area contributed by atoms with Crippen molar-refractivity contribution in [2.75, 3.05) is 5.75 Å². The number of hydrazine groups is 1. The highest BCUT2D eigenvalue weighted by atomic mass is 32.2. The third-order valence-electron chi connectivity index (χ3n) is 3.16. The Morgan fingerprint density at radius 3 is 2.73 bits per heavy atom. The molecule has 2 atom stereocenters. The molecule has 0 bridgehead atoms. The quantitative estimate of drug-likeness (QED) is 0.549. The third-order valence-corrected chi connectivity index (χ3v) is 5.50. The van der Waals surface area contributed by atoms with Gasteiger partial charge in [0.05, 0.1) is 11.0 Å². The molecule has 1 aliphatic heterocycles. The Hall–Kier alpha value is -0.130. The van der Waals surface area contributed by atoms with Crippen LogP contribution in [0.4, 0.5) is 0 Å². The molecule has 0 spiro atoms. The van der Waals surface area contributed by atoms with Gasteiger partial charge in [0.25, 0.3) is 0 Å². The van der Waals surface area contributed by atoms with Crippen LogP contribution >= 0.6 is 0 Å². The van der Waals surface area contributed by atoms with E-state index in [1.54, 1.807) is 0 Å². The van der Waals surface area contributed by atoms with Gasteiger partial charge in [-0.1, -0.05) is 26.2 Å². The molecule has 0 aliphatic carbocycles. The molecule has 0 saturated carbocycles. The van der Waals surface area contributed by atoms with E-state index in [0.29, 0.717) is 5.75 Å². The van der Waals surface area contributed by atoms with Crippen molar-refractivity contribution in [2.45, 2.75) is 56.7 Å². The molecule has 0 aromatic carbocycles. The molecule has 0 aromatic rings. The van der Waals surface area contributed by atoms with Crippen molar-refractivity contribution in [3.05, 3.63) is 0 Å². The zero-order chi connectivity index (χ0) is 11.3. The number of hydrogen-bond acceptors (Lipinski definition) is 4. The van der Waals surface area contributed by atoms with Crippen molar-refractivity contribution < 1.29 is 8.42 Å². The third kappa shape index (κ3) is 3.43. The van der Waals surface area contributed by atoms with Gasteiger partial charge in [0.1, 0.15) is 0 Å². The smallest absolute Gasteiger partial charge is 0.154 e. The molecule has 1 rings (SSSR count). The normalized spacial score (nSPS) is 27.5. The second kappa shape index (κ2) is 5.82. The molecule has 15 heavy (non-hydrogen) atoms. The number of hydrogen-bond donors (Lipinski definition) is 2. The number of rotatable bonds is 5. The molecule has 1 heterocycles. The van der Waals surface area contributed by atoms with Gasteiger partial charge in [0.2, 0.25) is 0 Å². The van der Waals surface area contributed by atoms with Gasteiger partial charge in [-0.2, -0.15) is 0 Å². The average Bonchev–Trinajstić information content (AvgIpc) is 2.20. The van der Waals surface area contributed by atoms with E-state index in [1.165, 1.54) is 0 Å². The van der Waals surface area contributed by atoms with E-state index in [2.05, 4.69) is 12.3 Å². The van der Waals surface area contributed by atoms with Crippen molar-refractivity contribution in [3.8, 4) is 0 Å². The predicted octanol–water partition coefficient (Wildman–Crippen LogP) is 0.976. The van der Waals surface area contributed by atoms with Gasteiger partial charge in [-0.15, -0.1) is 0 Å². The number of nitrogens with two attached hydrogens (primary N) is 1. The zero-order valence-corrected chi connectivity index (χ0v) is 10.2.